The second kappa shape index (κ2) is 9.82. The van der Waals surface area contributed by atoms with Gasteiger partial charge in [-0.25, -0.2) is 0 Å². The Labute approximate surface area is 135 Å². The molecule has 0 bridgehead atoms. The zero-order valence-corrected chi connectivity index (χ0v) is 15.2. The molecular weight excluding hydrogens is 301 g/mol. The number of aliphatic imine (C=N–C) groups is 1. The summed E-state index contributed by atoms with van der Waals surface area (Å²) >= 11 is 0. The van der Waals surface area contributed by atoms with E-state index in [0.717, 1.165) is 38.5 Å². The Hall–Kier alpha value is -0.220. The smallest absolute Gasteiger partial charge is 0.358 e. The highest BCUT2D eigenvalue weighted by Gasteiger charge is 2.54. The third-order valence-electron chi connectivity index (χ3n) is 4.31. The van der Waals surface area contributed by atoms with Crippen molar-refractivity contribution in [2.45, 2.75) is 71.0 Å². The minimum Gasteiger partial charge on any atom is -0.396 e. The van der Waals surface area contributed by atoms with Crippen LogP contribution in [-0.2, 0) is 13.6 Å². The number of hydrogen-bond acceptors (Lipinski definition) is 5. The topological polar surface area (TPSA) is 68.1 Å². The molecule has 2 unspecified atom stereocenters. The molecule has 0 fully saturated rings. The van der Waals surface area contributed by atoms with Crippen molar-refractivity contribution in [2.24, 2.45) is 10.9 Å². The summed E-state index contributed by atoms with van der Waals surface area (Å²) in [6, 6.07) is 0. The maximum absolute atomic E-state index is 13.4. The largest absolute Gasteiger partial charge is 0.396 e. The lowest BCUT2D eigenvalue weighted by atomic mass is 10.0. The van der Waals surface area contributed by atoms with Gasteiger partial charge < -0.3 is 14.2 Å². The molecule has 1 heterocycles. The molecule has 0 spiro atoms. The van der Waals surface area contributed by atoms with Crippen molar-refractivity contribution < 1.29 is 18.7 Å². The Morgan fingerprint density at radius 2 is 1.73 bits per heavy atom. The molecule has 0 aliphatic carbocycles. The lowest BCUT2D eigenvalue weighted by molar-refractivity contribution is 0.147. The van der Waals surface area contributed by atoms with Gasteiger partial charge in [-0.3, -0.25) is 9.56 Å². The summed E-state index contributed by atoms with van der Waals surface area (Å²) in [5, 5.41) is 8.61. The van der Waals surface area contributed by atoms with Crippen molar-refractivity contribution in [1.82, 2.24) is 0 Å². The van der Waals surface area contributed by atoms with Crippen LogP contribution in [0.15, 0.2) is 4.99 Å². The van der Waals surface area contributed by atoms with Gasteiger partial charge in [-0.15, -0.1) is 0 Å². The standard InChI is InChI=1S/C16H32NO4P/c1-4-6-8-12-20-22(19,21-13-9-7-5-2)16(3)15(14-18)10-11-17-16/h11,15,18H,4-10,12-14H2,1-3H3. The van der Waals surface area contributed by atoms with Crippen LogP contribution in [0.5, 0.6) is 0 Å². The van der Waals surface area contributed by atoms with Gasteiger partial charge in [-0.1, -0.05) is 39.5 Å². The molecule has 2 atom stereocenters. The Bertz CT molecular complexity index is 372. The van der Waals surface area contributed by atoms with Crippen molar-refractivity contribution in [3.8, 4) is 0 Å². The van der Waals surface area contributed by atoms with Crippen LogP contribution in [0.1, 0.15) is 65.7 Å². The van der Waals surface area contributed by atoms with Gasteiger partial charge in [0.1, 0.15) is 0 Å². The van der Waals surface area contributed by atoms with E-state index in [9.17, 15) is 9.67 Å². The summed E-state index contributed by atoms with van der Waals surface area (Å²) in [4.78, 5) is 4.39. The molecule has 0 saturated heterocycles. The number of aliphatic hydroxyl groups excluding tert-OH is 1. The van der Waals surface area contributed by atoms with Crippen LogP contribution in [-0.4, -0.2) is 36.4 Å². The third-order valence-corrected chi connectivity index (χ3v) is 6.94. The molecule has 0 aromatic heterocycles. The van der Waals surface area contributed by atoms with E-state index in [0.29, 0.717) is 19.6 Å². The fraction of sp³-hybridized carbons (Fsp3) is 0.938. The summed E-state index contributed by atoms with van der Waals surface area (Å²) in [5.74, 6) is -0.198. The molecule has 0 radical (unpaired) electrons. The molecule has 130 valence electrons. The second-order valence-electron chi connectivity index (χ2n) is 6.10. The molecule has 1 rings (SSSR count). The van der Waals surface area contributed by atoms with E-state index in [4.69, 9.17) is 9.05 Å². The van der Waals surface area contributed by atoms with Crippen LogP contribution < -0.4 is 0 Å². The number of rotatable bonds is 12. The van der Waals surface area contributed by atoms with E-state index >= 15 is 0 Å². The number of hydrogen-bond donors (Lipinski definition) is 1. The Balaban J connectivity index is 2.75. The first-order valence-electron chi connectivity index (χ1n) is 8.57. The van der Waals surface area contributed by atoms with Crippen molar-refractivity contribution in [3.63, 3.8) is 0 Å². The molecule has 1 aliphatic rings. The van der Waals surface area contributed by atoms with Crippen LogP contribution in [0.3, 0.4) is 0 Å². The SMILES string of the molecule is CCCCCOP(=O)(OCCCCC)C1(C)N=CCC1CO. The zero-order chi connectivity index (χ0) is 16.5. The predicted octanol–water partition coefficient (Wildman–Crippen LogP) is 4.39. The average molecular weight is 333 g/mol. The minimum atomic E-state index is -3.39. The maximum atomic E-state index is 13.4. The van der Waals surface area contributed by atoms with Gasteiger partial charge in [0, 0.05) is 18.7 Å². The average Bonchev–Trinajstić information content (AvgIpc) is 2.91. The Kier molecular flexibility index (Phi) is 8.85. The van der Waals surface area contributed by atoms with Gasteiger partial charge in [-0.2, -0.15) is 0 Å². The summed E-state index contributed by atoms with van der Waals surface area (Å²) in [6.07, 6.45) is 8.33. The summed E-state index contributed by atoms with van der Waals surface area (Å²) in [7, 11) is -3.39. The molecular formula is C16H32NO4P. The highest BCUT2D eigenvalue weighted by atomic mass is 31.2. The van der Waals surface area contributed by atoms with Crippen LogP contribution in [0.25, 0.3) is 0 Å². The number of nitrogens with zero attached hydrogens (tertiary/aromatic N) is 1. The fourth-order valence-corrected chi connectivity index (χ4v) is 4.80. The van der Waals surface area contributed by atoms with Crippen molar-refractivity contribution in [1.29, 1.82) is 0 Å². The van der Waals surface area contributed by atoms with Crippen LogP contribution >= 0.6 is 7.60 Å². The number of unbranched alkanes of at least 4 members (excludes halogenated alkanes) is 4. The first-order chi connectivity index (χ1) is 10.5. The molecule has 22 heavy (non-hydrogen) atoms. The summed E-state index contributed by atoms with van der Waals surface area (Å²) in [5.41, 5.74) is 0. The van der Waals surface area contributed by atoms with E-state index in [1.807, 2.05) is 0 Å². The molecule has 1 aliphatic heterocycles. The van der Waals surface area contributed by atoms with Gasteiger partial charge in [0.25, 0.3) is 0 Å². The third kappa shape index (κ3) is 4.89. The highest BCUT2D eigenvalue weighted by Crippen LogP contribution is 2.65. The lowest BCUT2D eigenvalue weighted by Gasteiger charge is -2.35. The quantitative estimate of drug-likeness (QED) is 0.425. The summed E-state index contributed by atoms with van der Waals surface area (Å²) < 4.78 is 24.8. The summed E-state index contributed by atoms with van der Waals surface area (Å²) in [6.45, 7) is 6.80. The molecule has 5 nitrogen and oxygen atoms in total. The first-order valence-corrected chi connectivity index (χ1v) is 10.1. The first kappa shape index (κ1) is 19.8. The lowest BCUT2D eigenvalue weighted by Crippen LogP contribution is -2.33. The van der Waals surface area contributed by atoms with Crippen LogP contribution in [0.2, 0.25) is 0 Å². The Morgan fingerprint density at radius 1 is 1.18 bits per heavy atom. The van der Waals surface area contributed by atoms with Crippen molar-refractivity contribution in [2.75, 3.05) is 19.8 Å². The zero-order valence-electron chi connectivity index (χ0n) is 14.3. The van der Waals surface area contributed by atoms with Gasteiger partial charge >= 0.3 is 7.60 Å². The molecule has 0 amide bonds. The number of aliphatic hydroxyl groups is 1. The van der Waals surface area contributed by atoms with Gasteiger partial charge in [0.2, 0.25) is 0 Å². The molecule has 6 heteroatoms. The molecule has 0 aromatic rings. The normalized spacial score (nSPS) is 25.0. The van der Waals surface area contributed by atoms with E-state index in [1.54, 1.807) is 13.1 Å². The maximum Gasteiger partial charge on any atom is 0.358 e. The van der Waals surface area contributed by atoms with E-state index in [-0.39, 0.29) is 12.5 Å². The predicted molar refractivity (Wildman–Crippen MR) is 90.7 cm³/mol. The second-order valence-corrected chi connectivity index (χ2v) is 8.52. The van der Waals surface area contributed by atoms with Gasteiger partial charge in [0.15, 0.2) is 5.28 Å². The molecule has 1 N–H and O–H groups in total. The van der Waals surface area contributed by atoms with Crippen LogP contribution in [0, 0.1) is 5.92 Å². The van der Waals surface area contributed by atoms with Crippen molar-refractivity contribution >= 4 is 13.8 Å². The van der Waals surface area contributed by atoms with Gasteiger partial charge in [-0.05, 0) is 26.2 Å². The highest BCUT2D eigenvalue weighted by molar-refractivity contribution is 7.55. The van der Waals surface area contributed by atoms with Crippen molar-refractivity contribution in [3.05, 3.63) is 0 Å². The van der Waals surface area contributed by atoms with E-state index in [2.05, 4.69) is 18.8 Å². The molecule has 0 saturated carbocycles. The fourth-order valence-electron chi connectivity index (χ4n) is 2.61. The minimum absolute atomic E-state index is 0.0584. The van der Waals surface area contributed by atoms with Crippen LogP contribution in [0.4, 0.5) is 0 Å². The molecule has 0 aromatic carbocycles. The van der Waals surface area contributed by atoms with Gasteiger partial charge in [0.05, 0.1) is 13.2 Å². The van der Waals surface area contributed by atoms with E-state index in [1.165, 1.54) is 0 Å². The monoisotopic (exact) mass is 333 g/mol. The van der Waals surface area contributed by atoms with E-state index < -0.39 is 12.9 Å². The Morgan fingerprint density at radius 3 is 2.18 bits per heavy atom.